The zero-order chi connectivity index (χ0) is 13.0. The predicted octanol–water partition coefficient (Wildman–Crippen LogP) is 3.59. The van der Waals surface area contributed by atoms with Gasteiger partial charge in [-0.05, 0) is 24.3 Å². The van der Waals surface area contributed by atoms with E-state index in [9.17, 15) is 5.11 Å². The third-order valence-electron chi connectivity index (χ3n) is 4.83. The fourth-order valence-electron chi connectivity index (χ4n) is 3.13. The lowest BCUT2D eigenvalue weighted by Gasteiger charge is -2.42. The number of aliphatic hydroxyl groups is 1. The Hall–Kier alpha value is -1.02. The van der Waals surface area contributed by atoms with Crippen LogP contribution in [0, 0.1) is 5.41 Å². The predicted molar refractivity (Wildman–Crippen MR) is 76.8 cm³/mol. The Morgan fingerprint density at radius 3 is 2.28 bits per heavy atom. The van der Waals surface area contributed by atoms with Crippen molar-refractivity contribution in [3.8, 4) is 0 Å². The summed E-state index contributed by atoms with van der Waals surface area (Å²) >= 11 is 0. The molecular formula is C16H25NO. The molecule has 100 valence electrons. The van der Waals surface area contributed by atoms with Crippen LogP contribution < -0.4 is 4.90 Å². The Morgan fingerprint density at radius 2 is 1.72 bits per heavy atom. The van der Waals surface area contributed by atoms with Crippen molar-refractivity contribution in [3.05, 3.63) is 29.8 Å². The van der Waals surface area contributed by atoms with Crippen LogP contribution in [0.15, 0.2) is 24.3 Å². The summed E-state index contributed by atoms with van der Waals surface area (Å²) in [5.74, 6) is 0. The normalized spacial score (nSPS) is 18.9. The molecule has 0 spiro atoms. The highest BCUT2D eigenvalue weighted by Gasteiger charge is 2.31. The van der Waals surface area contributed by atoms with E-state index in [-0.39, 0.29) is 6.61 Å². The number of hydrogen-bond donors (Lipinski definition) is 1. The van der Waals surface area contributed by atoms with Gasteiger partial charge in [-0.2, -0.15) is 0 Å². The number of piperidine rings is 1. The van der Waals surface area contributed by atoms with Crippen molar-refractivity contribution in [2.45, 2.75) is 46.1 Å². The van der Waals surface area contributed by atoms with Gasteiger partial charge < -0.3 is 10.0 Å². The summed E-state index contributed by atoms with van der Waals surface area (Å²) in [5, 5.41) is 9.42. The minimum atomic E-state index is 0.138. The molecule has 1 heterocycles. The molecule has 0 atom stereocenters. The molecule has 1 fully saturated rings. The average Bonchev–Trinajstić information content (AvgIpc) is 2.47. The van der Waals surface area contributed by atoms with E-state index in [1.165, 1.54) is 31.4 Å². The van der Waals surface area contributed by atoms with Crippen LogP contribution in [0.1, 0.15) is 45.1 Å². The van der Waals surface area contributed by atoms with Gasteiger partial charge in [-0.15, -0.1) is 0 Å². The number of aliphatic hydroxyl groups excluding tert-OH is 1. The summed E-state index contributed by atoms with van der Waals surface area (Å²) < 4.78 is 0. The SMILES string of the molecule is CCC1(CC)CCN(c2ccccc2CO)CC1. The molecule has 2 rings (SSSR count). The number of nitrogens with zero attached hydrogens (tertiary/aromatic N) is 1. The molecular weight excluding hydrogens is 222 g/mol. The summed E-state index contributed by atoms with van der Waals surface area (Å²) in [7, 11) is 0. The molecule has 0 bridgehead atoms. The third kappa shape index (κ3) is 2.54. The number of hydrogen-bond acceptors (Lipinski definition) is 2. The summed E-state index contributed by atoms with van der Waals surface area (Å²) in [6.45, 7) is 7.03. The van der Waals surface area contributed by atoms with Gasteiger partial charge in [0.25, 0.3) is 0 Å². The van der Waals surface area contributed by atoms with Gasteiger partial charge in [0, 0.05) is 24.3 Å². The number of rotatable bonds is 4. The van der Waals surface area contributed by atoms with E-state index >= 15 is 0 Å². The van der Waals surface area contributed by atoms with E-state index in [1.807, 2.05) is 12.1 Å². The Kier molecular flexibility index (Phi) is 4.28. The smallest absolute Gasteiger partial charge is 0.0702 e. The first-order valence-electron chi connectivity index (χ1n) is 7.18. The molecule has 1 aliphatic heterocycles. The van der Waals surface area contributed by atoms with Gasteiger partial charge >= 0.3 is 0 Å². The monoisotopic (exact) mass is 247 g/mol. The summed E-state index contributed by atoms with van der Waals surface area (Å²) in [4.78, 5) is 2.44. The molecule has 0 aromatic heterocycles. The van der Waals surface area contributed by atoms with Gasteiger partial charge in [0.1, 0.15) is 0 Å². The summed E-state index contributed by atoms with van der Waals surface area (Å²) in [5.41, 5.74) is 2.84. The van der Waals surface area contributed by atoms with E-state index in [1.54, 1.807) is 0 Å². The summed E-state index contributed by atoms with van der Waals surface area (Å²) in [6, 6.07) is 8.23. The molecule has 0 radical (unpaired) electrons. The third-order valence-corrected chi connectivity index (χ3v) is 4.83. The van der Waals surface area contributed by atoms with Gasteiger partial charge in [-0.3, -0.25) is 0 Å². The Bertz CT molecular complexity index is 374. The van der Waals surface area contributed by atoms with Crippen molar-refractivity contribution in [1.29, 1.82) is 0 Å². The van der Waals surface area contributed by atoms with Gasteiger partial charge in [0.15, 0.2) is 0 Å². The summed E-state index contributed by atoms with van der Waals surface area (Å²) in [6.07, 6.45) is 5.14. The van der Waals surface area contributed by atoms with E-state index in [2.05, 4.69) is 30.9 Å². The van der Waals surface area contributed by atoms with E-state index < -0.39 is 0 Å². The lowest BCUT2D eigenvalue weighted by atomic mass is 9.74. The van der Waals surface area contributed by atoms with E-state index in [4.69, 9.17) is 0 Å². The molecule has 0 amide bonds. The number of anilines is 1. The number of para-hydroxylation sites is 1. The van der Waals surface area contributed by atoms with Crippen LogP contribution in [-0.2, 0) is 6.61 Å². The minimum Gasteiger partial charge on any atom is -0.392 e. The maximum Gasteiger partial charge on any atom is 0.0702 e. The fraction of sp³-hybridized carbons (Fsp3) is 0.625. The fourth-order valence-corrected chi connectivity index (χ4v) is 3.13. The molecule has 2 heteroatoms. The largest absolute Gasteiger partial charge is 0.392 e. The lowest BCUT2D eigenvalue weighted by molar-refractivity contribution is 0.199. The minimum absolute atomic E-state index is 0.138. The maximum atomic E-state index is 9.42. The van der Waals surface area contributed by atoms with Gasteiger partial charge in [0.05, 0.1) is 6.61 Å². The van der Waals surface area contributed by atoms with Crippen molar-refractivity contribution >= 4 is 5.69 Å². The molecule has 2 nitrogen and oxygen atoms in total. The molecule has 0 saturated carbocycles. The van der Waals surface area contributed by atoms with Crippen molar-refractivity contribution in [2.24, 2.45) is 5.41 Å². The van der Waals surface area contributed by atoms with Crippen molar-refractivity contribution in [1.82, 2.24) is 0 Å². The molecule has 0 unspecified atom stereocenters. The van der Waals surface area contributed by atoms with Gasteiger partial charge in [-0.25, -0.2) is 0 Å². The second-order valence-electron chi connectivity index (χ2n) is 5.48. The van der Waals surface area contributed by atoms with Crippen LogP contribution in [0.2, 0.25) is 0 Å². The topological polar surface area (TPSA) is 23.5 Å². The van der Waals surface area contributed by atoms with E-state index in [0.29, 0.717) is 5.41 Å². The highest BCUT2D eigenvalue weighted by Crippen LogP contribution is 2.39. The standard InChI is InChI=1S/C16H25NO/c1-3-16(4-2)9-11-17(12-10-16)15-8-6-5-7-14(15)13-18/h5-8,18H,3-4,9-13H2,1-2H3. The van der Waals surface area contributed by atoms with Crippen LogP contribution in [-0.4, -0.2) is 18.2 Å². The quantitative estimate of drug-likeness (QED) is 0.879. The second-order valence-corrected chi connectivity index (χ2v) is 5.48. The van der Waals surface area contributed by atoms with Crippen LogP contribution in [0.4, 0.5) is 5.69 Å². The van der Waals surface area contributed by atoms with Gasteiger partial charge in [0.2, 0.25) is 0 Å². The molecule has 1 saturated heterocycles. The molecule has 1 aromatic rings. The van der Waals surface area contributed by atoms with Crippen molar-refractivity contribution < 1.29 is 5.11 Å². The highest BCUT2D eigenvalue weighted by molar-refractivity contribution is 5.53. The van der Waals surface area contributed by atoms with Crippen molar-refractivity contribution in [3.63, 3.8) is 0 Å². The first-order chi connectivity index (χ1) is 8.74. The first-order valence-corrected chi connectivity index (χ1v) is 7.18. The van der Waals surface area contributed by atoms with Crippen LogP contribution in [0.25, 0.3) is 0 Å². The van der Waals surface area contributed by atoms with Crippen LogP contribution >= 0.6 is 0 Å². The maximum absolute atomic E-state index is 9.42. The zero-order valence-corrected chi connectivity index (χ0v) is 11.7. The molecule has 18 heavy (non-hydrogen) atoms. The van der Waals surface area contributed by atoms with Crippen molar-refractivity contribution in [2.75, 3.05) is 18.0 Å². The van der Waals surface area contributed by atoms with E-state index in [0.717, 1.165) is 18.7 Å². The van der Waals surface area contributed by atoms with Crippen LogP contribution in [0.3, 0.4) is 0 Å². The lowest BCUT2D eigenvalue weighted by Crippen LogP contribution is -2.40. The highest BCUT2D eigenvalue weighted by atomic mass is 16.3. The molecule has 1 aliphatic rings. The zero-order valence-electron chi connectivity index (χ0n) is 11.7. The first kappa shape index (κ1) is 13.4. The second kappa shape index (κ2) is 5.75. The molecule has 1 aromatic carbocycles. The van der Waals surface area contributed by atoms with Gasteiger partial charge in [-0.1, -0.05) is 44.9 Å². The Balaban J connectivity index is 2.10. The molecule has 0 aliphatic carbocycles. The average molecular weight is 247 g/mol. The number of benzene rings is 1. The Labute approximate surface area is 111 Å². The molecule has 1 N–H and O–H groups in total. The Morgan fingerprint density at radius 1 is 1.11 bits per heavy atom. The van der Waals surface area contributed by atoms with Crippen LogP contribution in [0.5, 0.6) is 0 Å².